The molecule has 102 valence electrons. The van der Waals surface area contributed by atoms with Crippen molar-refractivity contribution in [2.75, 3.05) is 13.7 Å². The lowest BCUT2D eigenvalue weighted by Crippen LogP contribution is -2.41. The zero-order valence-electron chi connectivity index (χ0n) is 11.2. The van der Waals surface area contributed by atoms with Crippen LogP contribution in [0, 0.1) is 11.6 Å². The van der Waals surface area contributed by atoms with E-state index < -0.39 is 11.6 Å². The molecule has 0 bridgehead atoms. The zero-order chi connectivity index (χ0) is 13.5. The summed E-state index contributed by atoms with van der Waals surface area (Å²) in [5.74, 6) is -0.997. The molecule has 0 aliphatic heterocycles. The molecule has 0 amide bonds. The molecular formula is C14H21F2NO. The predicted octanol–water partition coefficient (Wildman–Crippen LogP) is 2.91. The molecule has 0 saturated heterocycles. The number of ether oxygens (including phenoxy) is 1. The molecule has 4 heteroatoms. The van der Waals surface area contributed by atoms with Crippen LogP contribution in [0.3, 0.4) is 0 Å². The maximum atomic E-state index is 13.6. The van der Waals surface area contributed by atoms with Crippen LogP contribution in [0.2, 0.25) is 0 Å². The maximum Gasteiger partial charge on any atom is 0.129 e. The van der Waals surface area contributed by atoms with Gasteiger partial charge in [-0.3, -0.25) is 0 Å². The second kappa shape index (κ2) is 7.44. The van der Waals surface area contributed by atoms with Crippen LogP contribution in [-0.2, 0) is 11.2 Å². The van der Waals surface area contributed by atoms with Crippen LogP contribution in [0.4, 0.5) is 8.78 Å². The fourth-order valence-electron chi connectivity index (χ4n) is 2.10. The second-order valence-electron chi connectivity index (χ2n) is 4.20. The van der Waals surface area contributed by atoms with Gasteiger partial charge >= 0.3 is 0 Å². The Kier molecular flexibility index (Phi) is 6.22. The number of nitrogens with one attached hydrogen (secondary N) is 1. The summed E-state index contributed by atoms with van der Waals surface area (Å²) in [6.07, 6.45) is 1.04. The molecule has 1 rings (SSSR count). The first-order chi connectivity index (χ1) is 8.63. The van der Waals surface area contributed by atoms with Gasteiger partial charge < -0.3 is 10.1 Å². The van der Waals surface area contributed by atoms with E-state index in [-0.39, 0.29) is 24.1 Å². The molecule has 0 spiro atoms. The third-order valence-electron chi connectivity index (χ3n) is 3.09. The van der Waals surface area contributed by atoms with Crippen molar-refractivity contribution in [2.45, 2.75) is 38.8 Å². The van der Waals surface area contributed by atoms with Gasteiger partial charge in [-0.1, -0.05) is 13.0 Å². The van der Waals surface area contributed by atoms with Crippen molar-refractivity contribution in [1.29, 1.82) is 0 Å². The lowest BCUT2D eigenvalue weighted by Gasteiger charge is -2.26. The van der Waals surface area contributed by atoms with Crippen molar-refractivity contribution in [1.82, 2.24) is 5.32 Å². The van der Waals surface area contributed by atoms with Gasteiger partial charge in [0, 0.05) is 18.2 Å². The minimum absolute atomic E-state index is 0.0426. The summed E-state index contributed by atoms with van der Waals surface area (Å²) in [5, 5.41) is 3.08. The second-order valence-corrected chi connectivity index (χ2v) is 4.20. The van der Waals surface area contributed by atoms with Crippen molar-refractivity contribution in [3.8, 4) is 0 Å². The van der Waals surface area contributed by atoms with Crippen molar-refractivity contribution >= 4 is 0 Å². The summed E-state index contributed by atoms with van der Waals surface area (Å²) in [6.45, 7) is 4.51. The lowest BCUT2D eigenvalue weighted by atomic mass is 9.99. The normalized spacial score (nSPS) is 14.5. The SMILES string of the molecule is CCOC(CC)C(Cc1c(F)cccc1F)NC. The molecule has 0 aromatic heterocycles. The van der Waals surface area contributed by atoms with Gasteiger partial charge in [0.25, 0.3) is 0 Å². The van der Waals surface area contributed by atoms with E-state index >= 15 is 0 Å². The third kappa shape index (κ3) is 3.75. The molecule has 0 heterocycles. The van der Waals surface area contributed by atoms with Gasteiger partial charge in [-0.05, 0) is 38.9 Å². The summed E-state index contributed by atoms with van der Waals surface area (Å²) >= 11 is 0. The van der Waals surface area contributed by atoms with Crippen molar-refractivity contribution < 1.29 is 13.5 Å². The summed E-state index contributed by atoms with van der Waals surface area (Å²) in [4.78, 5) is 0. The molecular weight excluding hydrogens is 236 g/mol. The van der Waals surface area contributed by atoms with E-state index in [1.54, 1.807) is 7.05 Å². The van der Waals surface area contributed by atoms with Crippen LogP contribution >= 0.6 is 0 Å². The lowest BCUT2D eigenvalue weighted by molar-refractivity contribution is 0.0335. The first-order valence-electron chi connectivity index (χ1n) is 6.35. The van der Waals surface area contributed by atoms with Crippen LogP contribution in [0.1, 0.15) is 25.8 Å². The number of benzene rings is 1. The highest BCUT2D eigenvalue weighted by molar-refractivity contribution is 5.21. The highest BCUT2D eigenvalue weighted by Crippen LogP contribution is 2.17. The predicted molar refractivity (Wildman–Crippen MR) is 68.6 cm³/mol. The van der Waals surface area contributed by atoms with Gasteiger partial charge in [0.2, 0.25) is 0 Å². The Morgan fingerprint density at radius 1 is 1.22 bits per heavy atom. The Labute approximate surface area is 107 Å². The minimum Gasteiger partial charge on any atom is -0.377 e. The summed E-state index contributed by atoms with van der Waals surface area (Å²) in [7, 11) is 1.78. The average Bonchev–Trinajstić information content (AvgIpc) is 2.36. The van der Waals surface area contributed by atoms with Crippen LogP contribution in [-0.4, -0.2) is 25.8 Å². The highest BCUT2D eigenvalue weighted by atomic mass is 19.1. The van der Waals surface area contributed by atoms with Gasteiger partial charge in [-0.15, -0.1) is 0 Å². The summed E-state index contributed by atoms with van der Waals surface area (Å²) < 4.78 is 32.8. The van der Waals surface area contributed by atoms with Crippen LogP contribution in [0.15, 0.2) is 18.2 Å². The van der Waals surface area contributed by atoms with E-state index in [9.17, 15) is 8.78 Å². The Morgan fingerprint density at radius 2 is 1.83 bits per heavy atom. The molecule has 18 heavy (non-hydrogen) atoms. The Hall–Kier alpha value is -1.00. The van der Waals surface area contributed by atoms with Gasteiger partial charge in [0.1, 0.15) is 11.6 Å². The molecule has 0 saturated carbocycles. The maximum absolute atomic E-state index is 13.6. The van der Waals surface area contributed by atoms with E-state index in [1.807, 2.05) is 13.8 Å². The third-order valence-corrected chi connectivity index (χ3v) is 3.09. The van der Waals surface area contributed by atoms with Crippen molar-refractivity contribution in [2.24, 2.45) is 0 Å². The Morgan fingerprint density at radius 3 is 2.28 bits per heavy atom. The van der Waals surface area contributed by atoms with E-state index in [1.165, 1.54) is 18.2 Å². The number of hydrogen-bond donors (Lipinski definition) is 1. The standard InChI is InChI=1S/C14H21F2NO/c1-4-14(18-5-2)13(17-3)9-10-11(15)7-6-8-12(10)16/h6-8,13-14,17H,4-5,9H2,1-3H3. The molecule has 0 aliphatic carbocycles. The van der Waals surface area contributed by atoms with Gasteiger partial charge in [0.05, 0.1) is 6.10 Å². The smallest absolute Gasteiger partial charge is 0.129 e. The average molecular weight is 257 g/mol. The van der Waals surface area contributed by atoms with E-state index in [2.05, 4.69) is 5.32 Å². The molecule has 0 fully saturated rings. The van der Waals surface area contributed by atoms with Crippen LogP contribution in [0.5, 0.6) is 0 Å². The highest BCUT2D eigenvalue weighted by Gasteiger charge is 2.22. The first-order valence-corrected chi connectivity index (χ1v) is 6.35. The zero-order valence-corrected chi connectivity index (χ0v) is 11.2. The number of rotatable bonds is 7. The van der Waals surface area contributed by atoms with Crippen LogP contribution in [0.25, 0.3) is 0 Å². The quantitative estimate of drug-likeness (QED) is 0.811. The first kappa shape index (κ1) is 15.1. The summed E-state index contributed by atoms with van der Waals surface area (Å²) in [6, 6.07) is 3.85. The Balaban J connectivity index is 2.85. The monoisotopic (exact) mass is 257 g/mol. The molecule has 2 nitrogen and oxygen atoms in total. The molecule has 2 unspecified atom stereocenters. The molecule has 1 N–H and O–H groups in total. The molecule has 0 aliphatic rings. The van der Waals surface area contributed by atoms with Gasteiger partial charge in [0.15, 0.2) is 0 Å². The fraction of sp³-hybridized carbons (Fsp3) is 0.571. The van der Waals surface area contributed by atoms with E-state index in [4.69, 9.17) is 4.74 Å². The van der Waals surface area contributed by atoms with Crippen molar-refractivity contribution in [3.63, 3.8) is 0 Å². The van der Waals surface area contributed by atoms with Crippen molar-refractivity contribution in [3.05, 3.63) is 35.4 Å². The Bertz CT molecular complexity index is 351. The van der Waals surface area contributed by atoms with E-state index in [0.29, 0.717) is 6.61 Å². The number of hydrogen-bond acceptors (Lipinski definition) is 2. The fourth-order valence-corrected chi connectivity index (χ4v) is 2.10. The van der Waals surface area contributed by atoms with E-state index in [0.717, 1.165) is 6.42 Å². The summed E-state index contributed by atoms with van der Waals surface area (Å²) in [5.41, 5.74) is 0.120. The number of halogens is 2. The molecule has 1 aromatic carbocycles. The van der Waals surface area contributed by atoms with Crippen LogP contribution < -0.4 is 5.32 Å². The topological polar surface area (TPSA) is 21.3 Å². The van der Waals surface area contributed by atoms with Gasteiger partial charge in [-0.2, -0.15) is 0 Å². The molecule has 1 aromatic rings. The largest absolute Gasteiger partial charge is 0.377 e. The molecule has 0 radical (unpaired) electrons. The van der Waals surface area contributed by atoms with Gasteiger partial charge in [-0.25, -0.2) is 8.78 Å². The minimum atomic E-state index is -0.499. The molecule has 2 atom stereocenters. The number of likely N-dealkylation sites (N-methyl/N-ethyl adjacent to an activating group) is 1.